The van der Waals surface area contributed by atoms with Gasteiger partial charge in [0.15, 0.2) is 0 Å². The van der Waals surface area contributed by atoms with Gasteiger partial charge in [-0.1, -0.05) is 5.16 Å². The first-order valence-corrected chi connectivity index (χ1v) is 7.57. The third-order valence-corrected chi connectivity index (χ3v) is 4.15. The molecule has 1 aliphatic heterocycles. The molecule has 0 spiro atoms. The van der Waals surface area contributed by atoms with Crippen molar-refractivity contribution in [2.45, 2.75) is 39.5 Å². The lowest BCUT2D eigenvalue weighted by atomic mass is 9.94. The standard InChI is InChI=1S/C16H20N4O2/c1-10-7-17-8-14(18-10)13-5-4-6-20(9-13)16(21)15-11(2)19-22-12(15)3/h7-8,13H,4-6,9H2,1-3H3/t13-/m0/s1. The van der Waals surface area contributed by atoms with E-state index in [4.69, 9.17) is 4.52 Å². The topological polar surface area (TPSA) is 72.1 Å². The lowest BCUT2D eigenvalue weighted by Crippen LogP contribution is -2.39. The van der Waals surface area contributed by atoms with Gasteiger partial charge in [-0.15, -0.1) is 0 Å². The number of rotatable bonds is 2. The second-order valence-electron chi connectivity index (χ2n) is 5.87. The Balaban J connectivity index is 1.80. The second kappa shape index (κ2) is 5.87. The minimum atomic E-state index is 0.00145. The zero-order valence-corrected chi connectivity index (χ0v) is 13.2. The highest BCUT2D eigenvalue weighted by molar-refractivity contribution is 5.96. The van der Waals surface area contributed by atoms with Gasteiger partial charge in [0.25, 0.3) is 5.91 Å². The summed E-state index contributed by atoms with van der Waals surface area (Å²) in [4.78, 5) is 23.4. The van der Waals surface area contributed by atoms with Crippen molar-refractivity contribution in [3.05, 3.63) is 40.8 Å². The quantitative estimate of drug-likeness (QED) is 0.851. The van der Waals surface area contributed by atoms with Crippen molar-refractivity contribution in [1.82, 2.24) is 20.0 Å². The molecule has 0 aliphatic carbocycles. The molecule has 2 aromatic rings. The second-order valence-corrected chi connectivity index (χ2v) is 5.87. The van der Waals surface area contributed by atoms with Gasteiger partial charge in [-0.2, -0.15) is 0 Å². The van der Waals surface area contributed by atoms with Crippen LogP contribution in [0, 0.1) is 20.8 Å². The molecule has 3 heterocycles. The molecule has 1 aliphatic rings. The summed E-state index contributed by atoms with van der Waals surface area (Å²) < 4.78 is 5.11. The highest BCUT2D eigenvalue weighted by Crippen LogP contribution is 2.27. The van der Waals surface area contributed by atoms with E-state index in [9.17, 15) is 4.79 Å². The van der Waals surface area contributed by atoms with Crippen LogP contribution >= 0.6 is 0 Å². The Bertz CT molecular complexity index is 676. The first kappa shape index (κ1) is 14.7. The van der Waals surface area contributed by atoms with E-state index in [2.05, 4.69) is 15.1 Å². The predicted molar refractivity (Wildman–Crippen MR) is 80.6 cm³/mol. The summed E-state index contributed by atoms with van der Waals surface area (Å²) in [5.74, 6) is 0.826. The predicted octanol–water partition coefficient (Wildman–Crippen LogP) is 2.41. The van der Waals surface area contributed by atoms with E-state index in [1.807, 2.05) is 18.0 Å². The molecule has 6 nitrogen and oxygen atoms in total. The first-order valence-electron chi connectivity index (χ1n) is 7.57. The maximum atomic E-state index is 12.7. The van der Waals surface area contributed by atoms with Crippen molar-refractivity contribution in [2.75, 3.05) is 13.1 Å². The summed E-state index contributed by atoms with van der Waals surface area (Å²) in [5, 5.41) is 3.88. The third-order valence-electron chi connectivity index (χ3n) is 4.15. The van der Waals surface area contributed by atoms with Gasteiger partial charge in [0.2, 0.25) is 0 Å². The van der Waals surface area contributed by atoms with Crippen LogP contribution in [0.3, 0.4) is 0 Å². The van der Waals surface area contributed by atoms with E-state index < -0.39 is 0 Å². The Morgan fingerprint density at radius 3 is 2.82 bits per heavy atom. The summed E-state index contributed by atoms with van der Waals surface area (Å²) in [5.41, 5.74) is 3.12. The molecule has 1 fully saturated rings. The average Bonchev–Trinajstić information content (AvgIpc) is 2.86. The number of piperidine rings is 1. The Morgan fingerprint density at radius 1 is 1.32 bits per heavy atom. The molecule has 0 unspecified atom stereocenters. The van der Waals surface area contributed by atoms with Gasteiger partial charge >= 0.3 is 0 Å². The number of aromatic nitrogens is 3. The fraction of sp³-hybridized carbons (Fsp3) is 0.500. The van der Waals surface area contributed by atoms with Gasteiger partial charge in [0.05, 0.1) is 17.1 Å². The van der Waals surface area contributed by atoms with Crippen LogP contribution < -0.4 is 0 Å². The molecular weight excluding hydrogens is 280 g/mol. The SMILES string of the molecule is Cc1cncc([C@H]2CCCN(C(=O)c3c(C)noc3C)C2)n1. The van der Waals surface area contributed by atoms with E-state index >= 15 is 0 Å². The molecule has 116 valence electrons. The van der Waals surface area contributed by atoms with Crippen molar-refractivity contribution in [3.63, 3.8) is 0 Å². The molecule has 0 N–H and O–H groups in total. The summed E-state index contributed by atoms with van der Waals surface area (Å²) in [7, 11) is 0. The van der Waals surface area contributed by atoms with E-state index in [1.165, 1.54) is 0 Å². The zero-order chi connectivity index (χ0) is 15.7. The van der Waals surface area contributed by atoms with Crippen LogP contribution in [-0.2, 0) is 0 Å². The van der Waals surface area contributed by atoms with Crippen molar-refractivity contribution < 1.29 is 9.32 Å². The molecule has 0 aromatic carbocycles. The normalized spacial score (nSPS) is 18.5. The number of hydrogen-bond acceptors (Lipinski definition) is 5. The summed E-state index contributed by atoms with van der Waals surface area (Å²) in [6.45, 7) is 6.95. The van der Waals surface area contributed by atoms with Crippen LogP contribution in [0.2, 0.25) is 0 Å². The van der Waals surface area contributed by atoms with Gasteiger partial charge < -0.3 is 9.42 Å². The Hall–Kier alpha value is -2.24. The van der Waals surface area contributed by atoms with Crippen LogP contribution in [0.25, 0.3) is 0 Å². The van der Waals surface area contributed by atoms with Crippen molar-refractivity contribution in [2.24, 2.45) is 0 Å². The number of carbonyl (C=O) groups excluding carboxylic acids is 1. The van der Waals surface area contributed by atoms with Crippen LogP contribution in [0.5, 0.6) is 0 Å². The monoisotopic (exact) mass is 300 g/mol. The molecule has 1 amide bonds. The number of amides is 1. The number of nitrogens with zero attached hydrogens (tertiary/aromatic N) is 4. The number of aryl methyl sites for hydroxylation is 3. The molecule has 22 heavy (non-hydrogen) atoms. The van der Waals surface area contributed by atoms with E-state index in [1.54, 1.807) is 20.0 Å². The molecule has 6 heteroatoms. The van der Waals surface area contributed by atoms with E-state index in [0.29, 0.717) is 23.6 Å². The first-order chi connectivity index (χ1) is 10.6. The van der Waals surface area contributed by atoms with Crippen LogP contribution in [-0.4, -0.2) is 39.0 Å². The van der Waals surface area contributed by atoms with Crippen LogP contribution in [0.4, 0.5) is 0 Å². The molecule has 1 saturated heterocycles. The zero-order valence-electron chi connectivity index (χ0n) is 13.2. The number of hydrogen-bond donors (Lipinski definition) is 0. The molecular formula is C16H20N4O2. The van der Waals surface area contributed by atoms with E-state index in [-0.39, 0.29) is 11.8 Å². The summed E-state index contributed by atoms with van der Waals surface area (Å²) in [6.07, 6.45) is 5.56. The largest absolute Gasteiger partial charge is 0.361 e. The molecule has 0 radical (unpaired) electrons. The van der Waals surface area contributed by atoms with Gasteiger partial charge in [-0.3, -0.25) is 14.8 Å². The lowest BCUT2D eigenvalue weighted by molar-refractivity contribution is 0.0703. The lowest BCUT2D eigenvalue weighted by Gasteiger charge is -2.32. The minimum absolute atomic E-state index is 0.00145. The minimum Gasteiger partial charge on any atom is -0.361 e. The number of carbonyl (C=O) groups is 1. The molecule has 0 saturated carbocycles. The Labute approximate surface area is 129 Å². The highest BCUT2D eigenvalue weighted by atomic mass is 16.5. The fourth-order valence-corrected chi connectivity index (χ4v) is 3.03. The van der Waals surface area contributed by atoms with Gasteiger partial charge in [-0.05, 0) is 33.6 Å². The molecule has 3 rings (SSSR count). The number of likely N-dealkylation sites (tertiary alicyclic amines) is 1. The van der Waals surface area contributed by atoms with Gasteiger partial charge in [0.1, 0.15) is 11.3 Å². The maximum Gasteiger partial charge on any atom is 0.259 e. The van der Waals surface area contributed by atoms with Gasteiger partial charge in [-0.25, -0.2) is 0 Å². The van der Waals surface area contributed by atoms with Crippen molar-refractivity contribution >= 4 is 5.91 Å². The maximum absolute atomic E-state index is 12.7. The Morgan fingerprint density at radius 2 is 2.14 bits per heavy atom. The third kappa shape index (κ3) is 2.73. The van der Waals surface area contributed by atoms with Crippen LogP contribution in [0.15, 0.2) is 16.9 Å². The van der Waals surface area contributed by atoms with Crippen LogP contribution in [0.1, 0.15) is 52.0 Å². The highest BCUT2D eigenvalue weighted by Gasteiger charge is 2.29. The van der Waals surface area contributed by atoms with E-state index in [0.717, 1.165) is 30.8 Å². The molecule has 2 aromatic heterocycles. The smallest absolute Gasteiger partial charge is 0.259 e. The molecule has 0 bridgehead atoms. The Kier molecular flexibility index (Phi) is 3.92. The molecule has 1 atom stereocenters. The average molecular weight is 300 g/mol. The van der Waals surface area contributed by atoms with Gasteiger partial charge in [0, 0.05) is 31.4 Å². The summed E-state index contributed by atoms with van der Waals surface area (Å²) in [6, 6.07) is 0. The fourth-order valence-electron chi connectivity index (χ4n) is 3.03. The summed E-state index contributed by atoms with van der Waals surface area (Å²) >= 11 is 0. The van der Waals surface area contributed by atoms with Crippen molar-refractivity contribution in [1.29, 1.82) is 0 Å². The van der Waals surface area contributed by atoms with Crippen molar-refractivity contribution in [3.8, 4) is 0 Å².